The molecule has 0 atom stereocenters. The molecule has 1 aliphatic rings. The first-order chi connectivity index (χ1) is 13.5. The average Bonchev–Trinajstić information content (AvgIpc) is 3.30. The van der Waals surface area contributed by atoms with Gasteiger partial charge in [-0.25, -0.2) is 9.78 Å². The minimum absolute atomic E-state index is 0.0682. The molecule has 1 aromatic carbocycles. The van der Waals surface area contributed by atoms with Crippen molar-refractivity contribution < 1.29 is 9.21 Å². The smallest absolute Gasteiger partial charge is 0.317 e. The molecule has 7 heteroatoms. The molecule has 2 amide bonds. The standard InChI is InChI=1S/C21H25N5O2/c1-14(2)26-18-9-10-25(21(27)23-12-16-7-5-4-6-8-16)13-17(18)19(24-26)20-22-11-15(3)28-20/h4-8,11,14H,9-10,12-13H2,1-3H3,(H,23,27). The summed E-state index contributed by atoms with van der Waals surface area (Å²) in [6, 6.07) is 10.1. The molecule has 0 saturated heterocycles. The molecular formula is C21H25N5O2. The van der Waals surface area contributed by atoms with Gasteiger partial charge < -0.3 is 14.6 Å². The zero-order chi connectivity index (χ0) is 19.7. The Morgan fingerprint density at radius 1 is 1.29 bits per heavy atom. The summed E-state index contributed by atoms with van der Waals surface area (Å²) >= 11 is 0. The van der Waals surface area contributed by atoms with Gasteiger partial charge in [-0.3, -0.25) is 4.68 Å². The number of hydrogen-bond donors (Lipinski definition) is 1. The third-order valence-corrected chi connectivity index (χ3v) is 4.97. The Morgan fingerprint density at radius 2 is 2.07 bits per heavy atom. The van der Waals surface area contributed by atoms with Gasteiger partial charge in [0.25, 0.3) is 0 Å². The van der Waals surface area contributed by atoms with Crippen LogP contribution in [0.15, 0.2) is 40.9 Å². The number of amides is 2. The van der Waals surface area contributed by atoms with E-state index >= 15 is 0 Å². The van der Waals surface area contributed by atoms with E-state index in [1.165, 1.54) is 0 Å². The topological polar surface area (TPSA) is 76.2 Å². The predicted octanol–water partition coefficient (Wildman–Crippen LogP) is 3.70. The molecule has 146 valence electrons. The zero-order valence-electron chi connectivity index (χ0n) is 16.5. The van der Waals surface area contributed by atoms with Crippen LogP contribution in [-0.4, -0.2) is 32.2 Å². The number of rotatable bonds is 4. The van der Waals surface area contributed by atoms with E-state index in [1.54, 1.807) is 6.20 Å². The van der Waals surface area contributed by atoms with Gasteiger partial charge in [-0.1, -0.05) is 30.3 Å². The maximum absolute atomic E-state index is 12.7. The minimum Gasteiger partial charge on any atom is -0.440 e. The fraction of sp³-hybridized carbons (Fsp3) is 0.381. The van der Waals surface area contributed by atoms with Gasteiger partial charge in [0.05, 0.1) is 12.7 Å². The molecule has 0 unspecified atom stereocenters. The molecule has 28 heavy (non-hydrogen) atoms. The molecule has 0 aliphatic carbocycles. The number of benzene rings is 1. The molecule has 3 heterocycles. The van der Waals surface area contributed by atoms with E-state index in [0.29, 0.717) is 25.5 Å². The van der Waals surface area contributed by atoms with Gasteiger partial charge in [-0.2, -0.15) is 5.10 Å². The maximum Gasteiger partial charge on any atom is 0.317 e. The molecule has 0 spiro atoms. The molecule has 0 radical (unpaired) electrons. The molecule has 1 N–H and O–H groups in total. The molecule has 3 aromatic rings. The van der Waals surface area contributed by atoms with Crippen LogP contribution in [0.4, 0.5) is 4.79 Å². The first-order valence-electron chi connectivity index (χ1n) is 9.62. The van der Waals surface area contributed by atoms with E-state index in [-0.39, 0.29) is 12.1 Å². The lowest BCUT2D eigenvalue weighted by molar-refractivity contribution is 0.191. The van der Waals surface area contributed by atoms with Crippen LogP contribution in [0.3, 0.4) is 0 Å². The van der Waals surface area contributed by atoms with Gasteiger partial charge in [0.15, 0.2) is 5.69 Å². The fourth-order valence-corrected chi connectivity index (χ4v) is 3.57. The van der Waals surface area contributed by atoms with Gasteiger partial charge in [0.2, 0.25) is 5.89 Å². The Morgan fingerprint density at radius 3 is 2.75 bits per heavy atom. The second-order valence-corrected chi connectivity index (χ2v) is 7.40. The number of carbonyl (C=O) groups excluding carboxylic acids is 1. The Balaban J connectivity index is 1.56. The van der Waals surface area contributed by atoms with Crippen molar-refractivity contribution >= 4 is 6.03 Å². The van der Waals surface area contributed by atoms with E-state index in [9.17, 15) is 4.79 Å². The maximum atomic E-state index is 12.7. The van der Waals surface area contributed by atoms with Gasteiger partial charge >= 0.3 is 6.03 Å². The number of hydrogen-bond acceptors (Lipinski definition) is 4. The summed E-state index contributed by atoms with van der Waals surface area (Å²) in [7, 11) is 0. The van der Waals surface area contributed by atoms with Gasteiger partial charge in [-0.15, -0.1) is 0 Å². The van der Waals surface area contributed by atoms with Crippen molar-refractivity contribution in [3.63, 3.8) is 0 Å². The highest BCUT2D eigenvalue weighted by Gasteiger charge is 2.30. The zero-order valence-corrected chi connectivity index (χ0v) is 16.5. The first-order valence-corrected chi connectivity index (χ1v) is 9.62. The number of aromatic nitrogens is 3. The van der Waals surface area contributed by atoms with Crippen molar-refractivity contribution in [2.75, 3.05) is 6.54 Å². The quantitative estimate of drug-likeness (QED) is 0.750. The van der Waals surface area contributed by atoms with Gasteiger partial charge in [0.1, 0.15) is 5.76 Å². The number of oxazole rings is 1. The SMILES string of the molecule is Cc1cnc(-c2nn(C(C)C)c3c2CN(C(=O)NCc2ccccc2)CC3)o1. The third-order valence-electron chi connectivity index (χ3n) is 4.97. The van der Waals surface area contributed by atoms with Crippen LogP contribution in [0.5, 0.6) is 0 Å². The summed E-state index contributed by atoms with van der Waals surface area (Å²) in [5.41, 5.74) is 4.00. The largest absolute Gasteiger partial charge is 0.440 e. The summed E-state index contributed by atoms with van der Waals surface area (Å²) in [5, 5.41) is 7.78. The summed E-state index contributed by atoms with van der Waals surface area (Å²) in [6.07, 6.45) is 2.46. The van der Waals surface area contributed by atoms with Gasteiger partial charge in [-0.05, 0) is 26.3 Å². The van der Waals surface area contributed by atoms with Crippen molar-refractivity contribution in [1.82, 2.24) is 25.0 Å². The van der Waals surface area contributed by atoms with Crippen LogP contribution in [0.25, 0.3) is 11.6 Å². The lowest BCUT2D eigenvalue weighted by Gasteiger charge is -2.28. The van der Waals surface area contributed by atoms with Crippen LogP contribution in [0.1, 0.15) is 42.5 Å². The van der Waals surface area contributed by atoms with E-state index in [1.807, 2.05) is 46.8 Å². The summed E-state index contributed by atoms with van der Waals surface area (Å²) in [6.45, 7) is 7.76. The van der Waals surface area contributed by atoms with E-state index in [4.69, 9.17) is 9.52 Å². The normalized spacial score (nSPS) is 13.6. The highest BCUT2D eigenvalue weighted by atomic mass is 16.4. The Hall–Kier alpha value is -3.09. The number of urea groups is 1. The van der Waals surface area contributed by atoms with E-state index in [0.717, 1.165) is 34.7 Å². The predicted molar refractivity (Wildman–Crippen MR) is 106 cm³/mol. The van der Waals surface area contributed by atoms with Gasteiger partial charge in [0, 0.05) is 36.8 Å². The van der Waals surface area contributed by atoms with Crippen molar-refractivity contribution in [1.29, 1.82) is 0 Å². The highest BCUT2D eigenvalue weighted by Crippen LogP contribution is 2.31. The number of fused-ring (bicyclic) bond motifs is 1. The van der Waals surface area contributed by atoms with Crippen LogP contribution in [-0.2, 0) is 19.5 Å². The Labute approximate surface area is 164 Å². The van der Waals surface area contributed by atoms with Crippen LogP contribution in [0, 0.1) is 6.92 Å². The van der Waals surface area contributed by atoms with E-state index < -0.39 is 0 Å². The van der Waals surface area contributed by atoms with Crippen molar-refractivity contribution in [2.24, 2.45) is 0 Å². The summed E-state index contributed by atoms with van der Waals surface area (Å²) in [4.78, 5) is 18.9. The summed E-state index contributed by atoms with van der Waals surface area (Å²) < 4.78 is 7.75. The minimum atomic E-state index is -0.0682. The number of aryl methyl sites for hydroxylation is 1. The Kier molecular flexibility index (Phi) is 4.90. The fourth-order valence-electron chi connectivity index (χ4n) is 3.57. The van der Waals surface area contributed by atoms with Crippen molar-refractivity contribution in [3.05, 3.63) is 59.1 Å². The second-order valence-electron chi connectivity index (χ2n) is 7.40. The number of carbonyl (C=O) groups is 1. The molecule has 0 bridgehead atoms. The molecule has 4 rings (SSSR count). The third kappa shape index (κ3) is 3.52. The average molecular weight is 379 g/mol. The lowest BCUT2D eigenvalue weighted by atomic mass is 10.0. The van der Waals surface area contributed by atoms with E-state index in [2.05, 4.69) is 24.1 Å². The molecule has 1 aliphatic heterocycles. The van der Waals surface area contributed by atoms with Crippen LogP contribution >= 0.6 is 0 Å². The number of nitrogens with zero attached hydrogens (tertiary/aromatic N) is 4. The summed E-state index contributed by atoms with van der Waals surface area (Å²) in [5.74, 6) is 1.26. The second kappa shape index (κ2) is 7.50. The molecule has 2 aromatic heterocycles. The van der Waals surface area contributed by atoms with Crippen molar-refractivity contribution in [3.8, 4) is 11.6 Å². The molecule has 7 nitrogen and oxygen atoms in total. The van der Waals surface area contributed by atoms with Crippen LogP contribution < -0.4 is 5.32 Å². The monoisotopic (exact) mass is 379 g/mol. The van der Waals surface area contributed by atoms with Crippen LogP contribution in [0.2, 0.25) is 0 Å². The Bertz CT molecular complexity index is 974. The number of nitrogens with one attached hydrogen (secondary N) is 1. The first kappa shape index (κ1) is 18.3. The molecule has 0 fully saturated rings. The molecular weight excluding hydrogens is 354 g/mol. The highest BCUT2D eigenvalue weighted by molar-refractivity contribution is 5.75. The van der Waals surface area contributed by atoms with Crippen molar-refractivity contribution in [2.45, 2.75) is 46.3 Å². The lowest BCUT2D eigenvalue weighted by Crippen LogP contribution is -2.42. The molecule has 0 saturated carbocycles.